The second kappa shape index (κ2) is 8.81. The van der Waals surface area contributed by atoms with Gasteiger partial charge in [-0.2, -0.15) is 0 Å². The molecule has 4 nitrogen and oxygen atoms in total. The largest absolute Gasteiger partial charge is 0.378 e. The number of thiophene rings is 1. The minimum atomic E-state index is -0.154. The van der Waals surface area contributed by atoms with E-state index in [1.807, 2.05) is 26.0 Å². The number of halogens is 1. The number of nitrogens with two attached hydrogens (primary N) is 1. The molecule has 0 aliphatic carbocycles. The molecule has 29 heavy (non-hydrogen) atoms. The van der Waals surface area contributed by atoms with Crippen molar-refractivity contribution >= 4 is 34.0 Å². The zero-order chi connectivity index (χ0) is 20.4. The van der Waals surface area contributed by atoms with Gasteiger partial charge in [-0.3, -0.25) is 0 Å². The van der Waals surface area contributed by atoms with Crippen LogP contribution < -0.4 is 16.0 Å². The summed E-state index contributed by atoms with van der Waals surface area (Å²) in [7, 11) is 0. The zero-order valence-electron chi connectivity index (χ0n) is 16.8. The standard InChI is InChI=1S/C22H27FN4S2/c1-14(2)17-8-20(27-6-5-15(10-24)12-27)19(9-18(17)23)25-11-16-13-29-22(26-16)21-4-3-7-28-21/h3-4,7-9,13-15,25H,5-6,10-12,24H2,1-2H3. The highest BCUT2D eigenvalue weighted by Gasteiger charge is 2.25. The summed E-state index contributed by atoms with van der Waals surface area (Å²) in [5.41, 5.74) is 9.51. The molecule has 1 fully saturated rings. The lowest BCUT2D eigenvalue weighted by Gasteiger charge is -2.24. The first-order valence-electron chi connectivity index (χ1n) is 10.1. The van der Waals surface area contributed by atoms with E-state index in [9.17, 15) is 4.39 Å². The fourth-order valence-electron chi connectivity index (χ4n) is 3.75. The number of aromatic nitrogens is 1. The van der Waals surface area contributed by atoms with Gasteiger partial charge < -0.3 is 16.0 Å². The Bertz CT molecular complexity index is 952. The topological polar surface area (TPSA) is 54.2 Å². The van der Waals surface area contributed by atoms with Crippen LogP contribution >= 0.6 is 22.7 Å². The summed E-state index contributed by atoms with van der Waals surface area (Å²) >= 11 is 3.34. The van der Waals surface area contributed by atoms with Crippen LogP contribution in [0.15, 0.2) is 35.0 Å². The van der Waals surface area contributed by atoms with E-state index in [1.165, 1.54) is 4.88 Å². The summed E-state index contributed by atoms with van der Waals surface area (Å²) in [5, 5.41) is 8.60. The minimum Gasteiger partial charge on any atom is -0.378 e. The van der Waals surface area contributed by atoms with Gasteiger partial charge in [0.25, 0.3) is 0 Å². The second-order valence-corrected chi connectivity index (χ2v) is 9.66. The molecule has 2 aromatic heterocycles. The normalized spacial score (nSPS) is 16.7. The third kappa shape index (κ3) is 4.47. The van der Waals surface area contributed by atoms with Crippen LogP contribution in [-0.4, -0.2) is 24.6 Å². The van der Waals surface area contributed by atoms with Gasteiger partial charge in [0, 0.05) is 18.5 Å². The maximum atomic E-state index is 14.7. The maximum Gasteiger partial charge on any atom is 0.133 e. The van der Waals surface area contributed by atoms with Crippen LogP contribution in [0.4, 0.5) is 15.8 Å². The van der Waals surface area contributed by atoms with Crippen molar-refractivity contribution in [3.05, 3.63) is 52.1 Å². The second-order valence-electron chi connectivity index (χ2n) is 7.86. The van der Waals surface area contributed by atoms with Crippen LogP contribution in [-0.2, 0) is 6.54 Å². The first kappa shape index (κ1) is 20.3. The van der Waals surface area contributed by atoms with E-state index in [4.69, 9.17) is 10.7 Å². The van der Waals surface area contributed by atoms with Crippen molar-refractivity contribution in [2.75, 3.05) is 29.9 Å². The van der Waals surface area contributed by atoms with Gasteiger partial charge in [0.2, 0.25) is 0 Å². The highest BCUT2D eigenvalue weighted by Crippen LogP contribution is 2.36. The van der Waals surface area contributed by atoms with Crippen LogP contribution in [0.3, 0.4) is 0 Å². The molecule has 1 aromatic carbocycles. The SMILES string of the molecule is CC(C)c1cc(N2CCC(CN)C2)c(NCc2csc(-c3cccs3)n2)cc1F. The third-order valence-electron chi connectivity index (χ3n) is 5.44. The van der Waals surface area contributed by atoms with Gasteiger partial charge in [-0.05, 0) is 53.9 Å². The maximum absolute atomic E-state index is 14.7. The molecular formula is C22H27FN4S2. The van der Waals surface area contributed by atoms with E-state index >= 15 is 0 Å². The Kier molecular flexibility index (Phi) is 6.18. The van der Waals surface area contributed by atoms with Crippen molar-refractivity contribution in [2.45, 2.75) is 32.7 Å². The lowest BCUT2D eigenvalue weighted by molar-refractivity contribution is 0.597. The summed E-state index contributed by atoms with van der Waals surface area (Å²) < 4.78 is 14.7. The van der Waals surface area contributed by atoms with Crippen LogP contribution in [0.5, 0.6) is 0 Å². The van der Waals surface area contributed by atoms with Crippen molar-refractivity contribution in [3.63, 3.8) is 0 Å². The highest BCUT2D eigenvalue weighted by atomic mass is 32.1. The molecule has 1 aliphatic heterocycles. The van der Waals surface area contributed by atoms with Gasteiger partial charge in [0.15, 0.2) is 0 Å². The molecule has 1 saturated heterocycles. The number of rotatable bonds is 7. The van der Waals surface area contributed by atoms with Crippen molar-refractivity contribution in [1.82, 2.24) is 4.98 Å². The summed E-state index contributed by atoms with van der Waals surface area (Å²) in [6.45, 7) is 7.21. The number of thiazole rings is 1. The van der Waals surface area contributed by atoms with Gasteiger partial charge in [-0.15, -0.1) is 22.7 Å². The molecule has 3 aromatic rings. The highest BCUT2D eigenvalue weighted by molar-refractivity contribution is 7.20. The molecule has 0 saturated carbocycles. The van der Waals surface area contributed by atoms with E-state index in [2.05, 4.69) is 27.0 Å². The van der Waals surface area contributed by atoms with Crippen LogP contribution in [0.1, 0.15) is 37.4 Å². The first-order valence-corrected chi connectivity index (χ1v) is 11.8. The van der Waals surface area contributed by atoms with Crippen molar-refractivity contribution in [2.24, 2.45) is 11.7 Å². The number of benzene rings is 1. The Morgan fingerprint density at radius 1 is 1.34 bits per heavy atom. The van der Waals surface area contributed by atoms with Crippen molar-refractivity contribution in [1.29, 1.82) is 0 Å². The molecule has 0 radical (unpaired) electrons. The molecule has 1 atom stereocenters. The molecule has 3 N–H and O–H groups in total. The molecule has 1 aliphatic rings. The quantitative estimate of drug-likeness (QED) is 0.517. The van der Waals surface area contributed by atoms with Crippen LogP contribution in [0.25, 0.3) is 9.88 Å². The van der Waals surface area contributed by atoms with Gasteiger partial charge >= 0.3 is 0 Å². The smallest absolute Gasteiger partial charge is 0.133 e. The Balaban J connectivity index is 1.56. The van der Waals surface area contributed by atoms with Gasteiger partial charge in [-0.25, -0.2) is 9.37 Å². The molecular weight excluding hydrogens is 403 g/mol. The third-order valence-corrected chi connectivity index (χ3v) is 7.37. The fraction of sp³-hybridized carbons (Fsp3) is 0.409. The molecule has 4 rings (SSSR count). The average molecular weight is 431 g/mol. The molecule has 0 bridgehead atoms. The van der Waals surface area contributed by atoms with E-state index in [0.29, 0.717) is 19.0 Å². The lowest BCUT2D eigenvalue weighted by Crippen LogP contribution is -2.24. The van der Waals surface area contributed by atoms with Crippen LogP contribution in [0.2, 0.25) is 0 Å². The Morgan fingerprint density at radius 3 is 2.90 bits per heavy atom. The molecule has 154 valence electrons. The Morgan fingerprint density at radius 2 is 2.21 bits per heavy atom. The molecule has 3 heterocycles. The molecule has 0 amide bonds. The summed E-state index contributed by atoms with van der Waals surface area (Å²) in [5.74, 6) is 0.489. The summed E-state index contributed by atoms with van der Waals surface area (Å²) in [6.07, 6.45) is 1.08. The minimum absolute atomic E-state index is 0.141. The van der Waals surface area contributed by atoms with E-state index in [-0.39, 0.29) is 11.7 Å². The number of anilines is 2. The monoisotopic (exact) mass is 430 g/mol. The molecule has 0 spiro atoms. The Hall–Kier alpha value is -1.96. The van der Waals surface area contributed by atoms with E-state index in [0.717, 1.165) is 47.2 Å². The van der Waals surface area contributed by atoms with Crippen LogP contribution in [0, 0.1) is 11.7 Å². The molecule has 1 unspecified atom stereocenters. The average Bonchev–Trinajstić information content (AvgIpc) is 3.47. The van der Waals surface area contributed by atoms with E-state index in [1.54, 1.807) is 28.7 Å². The summed E-state index contributed by atoms with van der Waals surface area (Å²) in [6, 6.07) is 7.78. The van der Waals surface area contributed by atoms with Gasteiger partial charge in [0.05, 0.1) is 28.5 Å². The Labute approximate surface area is 179 Å². The van der Waals surface area contributed by atoms with Gasteiger partial charge in [-0.1, -0.05) is 19.9 Å². The first-order chi connectivity index (χ1) is 14.0. The fourth-order valence-corrected chi connectivity index (χ4v) is 5.39. The number of nitrogens with zero attached hydrogens (tertiary/aromatic N) is 2. The number of nitrogens with one attached hydrogen (secondary N) is 1. The number of hydrogen-bond acceptors (Lipinski definition) is 6. The van der Waals surface area contributed by atoms with Crippen molar-refractivity contribution < 1.29 is 4.39 Å². The number of hydrogen-bond donors (Lipinski definition) is 2. The molecule has 7 heteroatoms. The predicted octanol–water partition coefficient (Wildman–Crippen LogP) is 5.53. The summed E-state index contributed by atoms with van der Waals surface area (Å²) in [4.78, 5) is 8.25. The van der Waals surface area contributed by atoms with E-state index < -0.39 is 0 Å². The lowest BCUT2D eigenvalue weighted by atomic mass is 10.0. The predicted molar refractivity (Wildman–Crippen MR) is 123 cm³/mol. The van der Waals surface area contributed by atoms with Crippen molar-refractivity contribution in [3.8, 4) is 9.88 Å². The zero-order valence-corrected chi connectivity index (χ0v) is 18.5. The van der Waals surface area contributed by atoms with Gasteiger partial charge in [0.1, 0.15) is 10.8 Å².